The molecule has 0 saturated carbocycles. The van der Waals surface area contributed by atoms with E-state index in [9.17, 15) is 0 Å². The van der Waals surface area contributed by atoms with Gasteiger partial charge in [0.25, 0.3) is 0 Å². The van der Waals surface area contributed by atoms with Gasteiger partial charge in [0, 0.05) is 25.4 Å². The van der Waals surface area contributed by atoms with E-state index in [-0.39, 0.29) is 0 Å². The van der Waals surface area contributed by atoms with Gasteiger partial charge >= 0.3 is 0 Å². The third-order valence-corrected chi connectivity index (χ3v) is 3.10. The number of hydrogen-bond acceptors (Lipinski definition) is 3. The molecule has 0 aromatic carbocycles. The number of methoxy groups -OCH3 is 1. The van der Waals surface area contributed by atoms with Crippen molar-refractivity contribution in [2.45, 2.75) is 46.1 Å². The summed E-state index contributed by atoms with van der Waals surface area (Å²) in [7, 11) is 1.62. The van der Waals surface area contributed by atoms with E-state index in [1.54, 1.807) is 13.3 Å². The molecule has 1 heterocycles. The summed E-state index contributed by atoms with van der Waals surface area (Å²) in [5.74, 6) is 1.49. The third-order valence-electron chi connectivity index (χ3n) is 3.10. The standard InChI is InChI=1S/C16H28N4O/c1-4-6-7-8-10-19-16(17-5-2)20-13-14-9-11-18-15(12-14)21-3/h9,11-12H,4-8,10,13H2,1-3H3,(H2,17,19,20). The van der Waals surface area contributed by atoms with Gasteiger partial charge in [-0.25, -0.2) is 9.98 Å². The van der Waals surface area contributed by atoms with E-state index in [0.717, 1.165) is 24.6 Å². The zero-order valence-corrected chi connectivity index (χ0v) is 13.5. The van der Waals surface area contributed by atoms with Gasteiger partial charge in [-0.15, -0.1) is 0 Å². The minimum Gasteiger partial charge on any atom is -0.481 e. The Morgan fingerprint density at radius 1 is 1.24 bits per heavy atom. The number of rotatable bonds is 9. The van der Waals surface area contributed by atoms with Crippen molar-refractivity contribution in [2.75, 3.05) is 20.2 Å². The summed E-state index contributed by atoms with van der Waals surface area (Å²) in [6, 6.07) is 3.87. The molecule has 0 saturated heterocycles. The van der Waals surface area contributed by atoms with E-state index in [4.69, 9.17) is 4.74 Å². The minimum atomic E-state index is 0.614. The number of nitrogens with zero attached hydrogens (tertiary/aromatic N) is 2. The Morgan fingerprint density at radius 3 is 2.81 bits per heavy atom. The lowest BCUT2D eigenvalue weighted by molar-refractivity contribution is 0.397. The summed E-state index contributed by atoms with van der Waals surface area (Å²) in [4.78, 5) is 8.69. The molecule has 0 amide bonds. The lowest BCUT2D eigenvalue weighted by atomic mass is 10.2. The van der Waals surface area contributed by atoms with Crippen LogP contribution in [0, 0.1) is 0 Å². The molecule has 2 N–H and O–H groups in total. The highest BCUT2D eigenvalue weighted by Gasteiger charge is 1.99. The molecule has 0 unspecified atom stereocenters. The van der Waals surface area contributed by atoms with E-state index >= 15 is 0 Å². The second-order valence-electron chi connectivity index (χ2n) is 4.89. The summed E-state index contributed by atoms with van der Waals surface area (Å²) in [5.41, 5.74) is 1.09. The van der Waals surface area contributed by atoms with E-state index in [0.29, 0.717) is 12.4 Å². The summed E-state index contributed by atoms with van der Waals surface area (Å²) < 4.78 is 5.12. The van der Waals surface area contributed by atoms with Gasteiger partial charge in [0.1, 0.15) is 0 Å². The fourth-order valence-corrected chi connectivity index (χ4v) is 1.93. The average Bonchev–Trinajstić information content (AvgIpc) is 2.52. The predicted octanol–water partition coefficient (Wildman–Crippen LogP) is 2.73. The largest absolute Gasteiger partial charge is 0.481 e. The van der Waals surface area contributed by atoms with Crippen molar-refractivity contribution in [2.24, 2.45) is 4.99 Å². The quantitative estimate of drug-likeness (QED) is 0.417. The van der Waals surface area contributed by atoms with Crippen LogP contribution >= 0.6 is 0 Å². The van der Waals surface area contributed by atoms with Crippen molar-refractivity contribution < 1.29 is 4.74 Å². The number of aromatic nitrogens is 1. The van der Waals surface area contributed by atoms with Crippen LogP contribution in [-0.4, -0.2) is 31.1 Å². The molecule has 1 rings (SSSR count). The second-order valence-corrected chi connectivity index (χ2v) is 4.89. The van der Waals surface area contributed by atoms with Gasteiger partial charge < -0.3 is 15.4 Å². The van der Waals surface area contributed by atoms with Crippen LogP contribution in [0.2, 0.25) is 0 Å². The number of unbranched alkanes of at least 4 members (excludes halogenated alkanes) is 3. The molecule has 5 nitrogen and oxygen atoms in total. The van der Waals surface area contributed by atoms with Crippen molar-refractivity contribution in [1.29, 1.82) is 0 Å². The fourth-order valence-electron chi connectivity index (χ4n) is 1.93. The molecule has 0 fully saturated rings. The first-order chi connectivity index (χ1) is 10.3. The van der Waals surface area contributed by atoms with Gasteiger partial charge in [0.05, 0.1) is 13.7 Å². The maximum Gasteiger partial charge on any atom is 0.213 e. The van der Waals surface area contributed by atoms with Crippen LogP contribution in [0.1, 0.15) is 45.1 Å². The van der Waals surface area contributed by atoms with Gasteiger partial charge in [-0.1, -0.05) is 26.2 Å². The number of pyridine rings is 1. The summed E-state index contributed by atoms with van der Waals surface area (Å²) in [5, 5.41) is 6.63. The number of nitrogens with one attached hydrogen (secondary N) is 2. The van der Waals surface area contributed by atoms with Crippen LogP contribution in [0.25, 0.3) is 0 Å². The Hall–Kier alpha value is -1.78. The summed E-state index contributed by atoms with van der Waals surface area (Å²) >= 11 is 0. The van der Waals surface area contributed by atoms with Crippen LogP contribution in [0.3, 0.4) is 0 Å². The Labute approximate surface area is 128 Å². The predicted molar refractivity (Wildman–Crippen MR) is 87.7 cm³/mol. The summed E-state index contributed by atoms with van der Waals surface area (Å²) in [6.07, 6.45) is 6.75. The van der Waals surface area contributed by atoms with Crippen LogP contribution in [0.5, 0.6) is 5.88 Å². The van der Waals surface area contributed by atoms with E-state index in [1.807, 2.05) is 12.1 Å². The van der Waals surface area contributed by atoms with E-state index < -0.39 is 0 Å². The molecule has 0 spiro atoms. The Morgan fingerprint density at radius 2 is 2.10 bits per heavy atom. The maximum atomic E-state index is 5.12. The first kappa shape index (κ1) is 17.3. The highest BCUT2D eigenvalue weighted by atomic mass is 16.5. The average molecular weight is 292 g/mol. The molecule has 0 bridgehead atoms. The van der Waals surface area contributed by atoms with Crippen molar-refractivity contribution in [3.05, 3.63) is 23.9 Å². The molecule has 21 heavy (non-hydrogen) atoms. The molecular formula is C16H28N4O. The molecule has 1 aromatic heterocycles. The van der Waals surface area contributed by atoms with Gasteiger partial charge in [0.2, 0.25) is 5.88 Å². The minimum absolute atomic E-state index is 0.614. The Bertz CT molecular complexity index is 420. The highest BCUT2D eigenvalue weighted by molar-refractivity contribution is 5.79. The van der Waals surface area contributed by atoms with Gasteiger partial charge in [-0.05, 0) is 25.0 Å². The van der Waals surface area contributed by atoms with Gasteiger partial charge in [0.15, 0.2) is 5.96 Å². The normalized spacial score (nSPS) is 11.3. The lowest BCUT2D eigenvalue weighted by Crippen LogP contribution is -2.37. The number of guanidine groups is 1. The van der Waals surface area contributed by atoms with Crippen LogP contribution in [-0.2, 0) is 6.54 Å². The highest BCUT2D eigenvalue weighted by Crippen LogP contribution is 2.09. The summed E-state index contributed by atoms with van der Waals surface area (Å²) in [6.45, 7) is 6.74. The van der Waals surface area contributed by atoms with Gasteiger partial charge in [-0.2, -0.15) is 0 Å². The van der Waals surface area contributed by atoms with Crippen molar-refractivity contribution in [3.63, 3.8) is 0 Å². The number of hydrogen-bond donors (Lipinski definition) is 2. The Balaban J connectivity index is 2.46. The molecule has 0 aliphatic rings. The first-order valence-corrected chi connectivity index (χ1v) is 7.81. The lowest BCUT2D eigenvalue weighted by Gasteiger charge is -2.11. The van der Waals surface area contributed by atoms with Crippen LogP contribution < -0.4 is 15.4 Å². The number of aliphatic imine (C=N–C) groups is 1. The molecule has 118 valence electrons. The molecule has 0 atom stereocenters. The SMILES string of the molecule is CCCCCCNC(=NCc1ccnc(OC)c1)NCC. The topological polar surface area (TPSA) is 58.5 Å². The third kappa shape index (κ3) is 7.54. The zero-order valence-electron chi connectivity index (χ0n) is 13.5. The maximum absolute atomic E-state index is 5.12. The molecular weight excluding hydrogens is 264 g/mol. The van der Waals surface area contributed by atoms with Crippen molar-refractivity contribution >= 4 is 5.96 Å². The molecule has 5 heteroatoms. The monoisotopic (exact) mass is 292 g/mol. The number of ether oxygens (including phenoxy) is 1. The molecule has 0 aliphatic heterocycles. The van der Waals surface area contributed by atoms with Crippen LogP contribution in [0.4, 0.5) is 0 Å². The van der Waals surface area contributed by atoms with Crippen molar-refractivity contribution in [1.82, 2.24) is 15.6 Å². The molecule has 0 aliphatic carbocycles. The van der Waals surface area contributed by atoms with Gasteiger partial charge in [-0.3, -0.25) is 0 Å². The van der Waals surface area contributed by atoms with Crippen molar-refractivity contribution in [3.8, 4) is 5.88 Å². The second kappa shape index (κ2) is 10.9. The van der Waals surface area contributed by atoms with Crippen LogP contribution in [0.15, 0.2) is 23.3 Å². The fraction of sp³-hybridized carbons (Fsp3) is 0.625. The molecule has 0 radical (unpaired) electrons. The molecule has 1 aromatic rings. The first-order valence-electron chi connectivity index (χ1n) is 7.81. The smallest absolute Gasteiger partial charge is 0.213 e. The van der Waals surface area contributed by atoms with E-state index in [2.05, 4.69) is 34.5 Å². The van der Waals surface area contributed by atoms with E-state index in [1.165, 1.54) is 25.7 Å². The zero-order chi connectivity index (χ0) is 15.3. The Kier molecular flexibility index (Phi) is 9.00.